The highest BCUT2D eigenvalue weighted by Gasteiger charge is 2.20. The molecule has 0 heterocycles. The standard InChI is InChI=1S/C20H15Br/c21-13-14-5-3-7-15(11-14)18-9-4-10-19-17-8-2-1-6-16(17)12-20(18)19/h1-11H,12-13H2. The Morgan fingerprint density at radius 2 is 1.52 bits per heavy atom. The highest BCUT2D eigenvalue weighted by molar-refractivity contribution is 9.08. The molecule has 0 fully saturated rings. The molecule has 0 amide bonds. The number of halogens is 1. The SMILES string of the molecule is BrCc1cccc(-c2cccc3c2Cc2ccccc2-3)c1. The van der Waals surface area contributed by atoms with Gasteiger partial charge in [0.15, 0.2) is 0 Å². The van der Waals surface area contributed by atoms with Gasteiger partial charge in [-0.2, -0.15) is 0 Å². The maximum atomic E-state index is 3.55. The Kier molecular flexibility index (Phi) is 3.16. The molecule has 0 N–H and O–H groups in total. The molecular weight excluding hydrogens is 320 g/mol. The molecule has 0 saturated heterocycles. The monoisotopic (exact) mass is 334 g/mol. The van der Waals surface area contributed by atoms with E-state index in [1.165, 1.54) is 38.9 Å². The maximum Gasteiger partial charge on any atom is 0.0283 e. The van der Waals surface area contributed by atoms with Crippen molar-refractivity contribution in [2.24, 2.45) is 0 Å². The van der Waals surface area contributed by atoms with Crippen molar-refractivity contribution in [1.82, 2.24) is 0 Å². The zero-order chi connectivity index (χ0) is 14.2. The van der Waals surface area contributed by atoms with Gasteiger partial charge in [0.1, 0.15) is 0 Å². The Morgan fingerprint density at radius 3 is 2.43 bits per heavy atom. The van der Waals surface area contributed by atoms with E-state index in [0.717, 1.165) is 11.8 Å². The van der Waals surface area contributed by atoms with Gasteiger partial charge in [0.2, 0.25) is 0 Å². The van der Waals surface area contributed by atoms with Gasteiger partial charge in [-0.15, -0.1) is 0 Å². The largest absolute Gasteiger partial charge is 0.0876 e. The van der Waals surface area contributed by atoms with Gasteiger partial charge in [-0.05, 0) is 45.4 Å². The van der Waals surface area contributed by atoms with E-state index in [9.17, 15) is 0 Å². The molecule has 3 aromatic carbocycles. The number of alkyl halides is 1. The molecular formula is C20H15Br. The molecule has 4 rings (SSSR count). The van der Waals surface area contributed by atoms with E-state index in [1.807, 2.05) is 0 Å². The second-order valence-corrected chi connectivity index (χ2v) is 6.06. The van der Waals surface area contributed by atoms with Crippen LogP contribution in [0.3, 0.4) is 0 Å². The van der Waals surface area contributed by atoms with Crippen LogP contribution in [-0.2, 0) is 11.8 Å². The minimum Gasteiger partial charge on any atom is -0.0876 e. The lowest BCUT2D eigenvalue weighted by Gasteiger charge is -2.10. The molecule has 0 spiro atoms. The predicted molar refractivity (Wildman–Crippen MR) is 92.8 cm³/mol. The van der Waals surface area contributed by atoms with Crippen LogP contribution in [0.4, 0.5) is 0 Å². The van der Waals surface area contributed by atoms with Crippen LogP contribution < -0.4 is 0 Å². The van der Waals surface area contributed by atoms with Gasteiger partial charge in [0.05, 0.1) is 0 Å². The number of hydrogen-bond donors (Lipinski definition) is 0. The van der Waals surface area contributed by atoms with Gasteiger partial charge in [-0.3, -0.25) is 0 Å². The first-order chi connectivity index (χ1) is 10.4. The number of fused-ring (bicyclic) bond motifs is 3. The summed E-state index contributed by atoms with van der Waals surface area (Å²) < 4.78 is 0. The zero-order valence-corrected chi connectivity index (χ0v) is 13.2. The summed E-state index contributed by atoms with van der Waals surface area (Å²) in [4.78, 5) is 0. The summed E-state index contributed by atoms with van der Waals surface area (Å²) in [6.45, 7) is 0. The van der Waals surface area contributed by atoms with Crippen molar-refractivity contribution >= 4 is 15.9 Å². The van der Waals surface area contributed by atoms with E-state index in [2.05, 4.69) is 82.7 Å². The molecule has 0 unspecified atom stereocenters. The average Bonchev–Trinajstić information content (AvgIpc) is 2.93. The van der Waals surface area contributed by atoms with E-state index in [0.29, 0.717) is 0 Å². The van der Waals surface area contributed by atoms with Crippen LogP contribution in [0.1, 0.15) is 16.7 Å². The Labute approximate surface area is 133 Å². The minimum absolute atomic E-state index is 0.899. The van der Waals surface area contributed by atoms with Crippen LogP contribution in [0, 0.1) is 0 Å². The summed E-state index contributed by atoms with van der Waals surface area (Å²) >= 11 is 3.55. The zero-order valence-electron chi connectivity index (χ0n) is 11.6. The van der Waals surface area contributed by atoms with Crippen molar-refractivity contribution in [2.45, 2.75) is 11.8 Å². The lowest BCUT2D eigenvalue weighted by Crippen LogP contribution is -1.89. The fourth-order valence-corrected chi connectivity index (χ4v) is 3.60. The van der Waals surface area contributed by atoms with Crippen LogP contribution in [0.15, 0.2) is 66.7 Å². The summed E-state index contributed by atoms with van der Waals surface area (Å²) in [6.07, 6.45) is 1.04. The summed E-state index contributed by atoms with van der Waals surface area (Å²) in [5.74, 6) is 0. The molecule has 0 aromatic heterocycles. The fraction of sp³-hybridized carbons (Fsp3) is 0.100. The Balaban J connectivity index is 1.90. The first-order valence-electron chi connectivity index (χ1n) is 7.22. The van der Waals surface area contributed by atoms with Crippen LogP contribution in [0.2, 0.25) is 0 Å². The van der Waals surface area contributed by atoms with E-state index in [4.69, 9.17) is 0 Å². The molecule has 0 saturated carbocycles. The van der Waals surface area contributed by atoms with Crippen LogP contribution in [0.25, 0.3) is 22.3 Å². The molecule has 0 radical (unpaired) electrons. The van der Waals surface area contributed by atoms with Gasteiger partial charge in [0.25, 0.3) is 0 Å². The summed E-state index contributed by atoms with van der Waals surface area (Å²) in [7, 11) is 0. The van der Waals surface area contributed by atoms with Crippen molar-refractivity contribution in [3.8, 4) is 22.3 Å². The molecule has 21 heavy (non-hydrogen) atoms. The number of benzene rings is 3. The Bertz CT molecular complexity index is 818. The normalized spacial score (nSPS) is 12.0. The maximum absolute atomic E-state index is 3.55. The Hall–Kier alpha value is -1.86. The third kappa shape index (κ3) is 2.13. The van der Waals surface area contributed by atoms with Crippen molar-refractivity contribution in [3.05, 3.63) is 83.4 Å². The average molecular weight is 335 g/mol. The predicted octanol–water partition coefficient (Wildman–Crippen LogP) is 5.82. The van der Waals surface area contributed by atoms with Crippen molar-refractivity contribution < 1.29 is 0 Å². The van der Waals surface area contributed by atoms with Gasteiger partial charge in [-0.1, -0.05) is 82.7 Å². The summed E-state index contributed by atoms with van der Waals surface area (Å²) in [6, 6.07) is 24.2. The third-order valence-electron chi connectivity index (χ3n) is 4.24. The summed E-state index contributed by atoms with van der Waals surface area (Å²) in [5.41, 5.74) is 9.70. The van der Waals surface area contributed by atoms with Gasteiger partial charge in [-0.25, -0.2) is 0 Å². The van der Waals surface area contributed by atoms with E-state index in [1.54, 1.807) is 0 Å². The van der Waals surface area contributed by atoms with Gasteiger partial charge in [0, 0.05) is 5.33 Å². The quantitative estimate of drug-likeness (QED) is 0.405. The van der Waals surface area contributed by atoms with Crippen molar-refractivity contribution in [2.75, 3.05) is 0 Å². The molecule has 0 aliphatic heterocycles. The molecule has 1 heteroatoms. The lowest BCUT2D eigenvalue weighted by molar-refractivity contribution is 1.26. The third-order valence-corrected chi connectivity index (χ3v) is 4.89. The molecule has 0 atom stereocenters. The molecule has 102 valence electrons. The second kappa shape index (κ2) is 5.16. The lowest BCUT2D eigenvalue weighted by atomic mass is 9.95. The smallest absolute Gasteiger partial charge is 0.0283 e. The Morgan fingerprint density at radius 1 is 0.762 bits per heavy atom. The first-order valence-corrected chi connectivity index (χ1v) is 8.34. The van der Waals surface area contributed by atoms with Crippen molar-refractivity contribution in [3.63, 3.8) is 0 Å². The molecule has 1 aliphatic rings. The second-order valence-electron chi connectivity index (χ2n) is 5.50. The first kappa shape index (κ1) is 12.8. The fourth-order valence-electron chi connectivity index (χ4n) is 3.25. The molecule has 0 bridgehead atoms. The minimum atomic E-state index is 0.899. The topological polar surface area (TPSA) is 0 Å². The van der Waals surface area contributed by atoms with Crippen LogP contribution >= 0.6 is 15.9 Å². The number of hydrogen-bond acceptors (Lipinski definition) is 0. The van der Waals surface area contributed by atoms with Crippen LogP contribution in [0.5, 0.6) is 0 Å². The van der Waals surface area contributed by atoms with Crippen molar-refractivity contribution in [1.29, 1.82) is 0 Å². The van der Waals surface area contributed by atoms with Gasteiger partial charge >= 0.3 is 0 Å². The van der Waals surface area contributed by atoms with Gasteiger partial charge < -0.3 is 0 Å². The van der Waals surface area contributed by atoms with E-state index < -0.39 is 0 Å². The summed E-state index contributed by atoms with van der Waals surface area (Å²) in [5, 5.41) is 0.899. The van der Waals surface area contributed by atoms with Crippen LogP contribution in [-0.4, -0.2) is 0 Å². The van der Waals surface area contributed by atoms with E-state index in [-0.39, 0.29) is 0 Å². The van der Waals surface area contributed by atoms with E-state index >= 15 is 0 Å². The molecule has 1 aliphatic carbocycles. The highest BCUT2D eigenvalue weighted by atomic mass is 79.9. The molecule has 3 aromatic rings. The number of rotatable bonds is 2. The molecule has 0 nitrogen and oxygen atoms in total. The highest BCUT2D eigenvalue weighted by Crippen LogP contribution is 2.41.